The number of nitrogens with zero attached hydrogens (tertiary/aromatic N) is 1. The van der Waals surface area contributed by atoms with Crippen LogP contribution in [0.3, 0.4) is 0 Å². The molecule has 0 aliphatic rings. The molecule has 0 unspecified atom stereocenters. The standard InChI is InChI=1S/C12H9ClIN3O2/c13-7-1-3-11(9(14)5-7)16-8-2-4-12(17(18)19)10(15)6-8/h1-6,16H,15H2. The van der Waals surface area contributed by atoms with E-state index < -0.39 is 4.92 Å². The van der Waals surface area contributed by atoms with Crippen LogP contribution < -0.4 is 11.1 Å². The first-order valence-corrected chi connectivity index (χ1v) is 6.69. The fourth-order valence-corrected chi connectivity index (χ4v) is 2.55. The van der Waals surface area contributed by atoms with Gasteiger partial charge in [0.1, 0.15) is 5.69 Å². The maximum absolute atomic E-state index is 10.7. The van der Waals surface area contributed by atoms with Crippen molar-refractivity contribution in [1.82, 2.24) is 0 Å². The van der Waals surface area contributed by atoms with Crippen LogP contribution in [0.4, 0.5) is 22.7 Å². The minimum atomic E-state index is -0.509. The van der Waals surface area contributed by atoms with E-state index in [0.29, 0.717) is 10.7 Å². The summed E-state index contributed by atoms with van der Waals surface area (Å²) in [4.78, 5) is 10.2. The molecule has 3 N–H and O–H groups in total. The molecule has 0 amide bonds. The second-order valence-electron chi connectivity index (χ2n) is 3.78. The molecular weight excluding hydrogens is 381 g/mol. The first-order valence-electron chi connectivity index (χ1n) is 5.23. The van der Waals surface area contributed by atoms with Crippen molar-refractivity contribution in [2.24, 2.45) is 0 Å². The van der Waals surface area contributed by atoms with Crippen LogP contribution in [0.5, 0.6) is 0 Å². The summed E-state index contributed by atoms with van der Waals surface area (Å²) in [5, 5.41) is 14.5. The Bertz CT molecular complexity index is 649. The number of halogens is 2. The summed E-state index contributed by atoms with van der Waals surface area (Å²) < 4.78 is 0.946. The number of nitrogens with two attached hydrogens (primary N) is 1. The molecule has 2 aromatic carbocycles. The maximum Gasteiger partial charge on any atom is 0.292 e. The maximum atomic E-state index is 10.7. The Hall–Kier alpha value is -1.54. The third-order valence-corrected chi connectivity index (χ3v) is 3.56. The molecule has 2 aromatic rings. The summed E-state index contributed by atoms with van der Waals surface area (Å²) in [6.07, 6.45) is 0. The number of benzene rings is 2. The van der Waals surface area contributed by atoms with Crippen molar-refractivity contribution < 1.29 is 4.92 Å². The Labute approximate surface area is 128 Å². The van der Waals surface area contributed by atoms with Gasteiger partial charge in [-0.1, -0.05) is 11.6 Å². The van der Waals surface area contributed by atoms with E-state index in [9.17, 15) is 10.1 Å². The summed E-state index contributed by atoms with van der Waals surface area (Å²) >= 11 is 8.03. The van der Waals surface area contributed by atoms with Crippen molar-refractivity contribution in [1.29, 1.82) is 0 Å². The van der Waals surface area contributed by atoms with Gasteiger partial charge in [-0.25, -0.2) is 0 Å². The number of hydrogen-bond acceptors (Lipinski definition) is 4. The van der Waals surface area contributed by atoms with Gasteiger partial charge in [-0.05, 0) is 52.9 Å². The zero-order chi connectivity index (χ0) is 14.0. The summed E-state index contributed by atoms with van der Waals surface area (Å²) in [5.41, 5.74) is 7.20. The van der Waals surface area contributed by atoms with Gasteiger partial charge in [-0.15, -0.1) is 0 Å². The molecule has 98 valence electrons. The highest BCUT2D eigenvalue weighted by atomic mass is 127. The predicted octanol–water partition coefficient (Wildman–Crippen LogP) is 4.18. The lowest BCUT2D eigenvalue weighted by atomic mass is 10.2. The minimum Gasteiger partial charge on any atom is -0.393 e. The molecule has 0 saturated heterocycles. The number of anilines is 3. The van der Waals surface area contributed by atoms with E-state index in [2.05, 4.69) is 27.9 Å². The molecule has 2 rings (SSSR count). The van der Waals surface area contributed by atoms with Gasteiger partial charge in [0, 0.05) is 20.3 Å². The van der Waals surface area contributed by atoms with Gasteiger partial charge >= 0.3 is 0 Å². The number of nitrogens with one attached hydrogen (secondary N) is 1. The molecule has 0 aromatic heterocycles. The third-order valence-electron chi connectivity index (χ3n) is 2.43. The van der Waals surface area contributed by atoms with Crippen LogP contribution in [0.25, 0.3) is 0 Å². The van der Waals surface area contributed by atoms with Crippen LogP contribution in [-0.4, -0.2) is 4.92 Å². The SMILES string of the molecule is Nc1cc(Nc2ccc(Cl)cc2I)ccc1[N+](=O)[O-]. The Balaban J connectivity index is 2.29. The molecule has 0 aliphatic heterocycles. The van der Waals surface area contributed by atoms with E-state index in [4.69, 9.17) is 17.3 Å². The molecule has 7 heteroatoms. The Kier molecular flexibility index (Phi) is 4.11. The summed E-state index contributed by atoms with van der Waals surface area (Å²) in [6.45, 7) is 0. The second kappa shape index (κ2) is 5.62. The molecule has 0 spiro atoms. The van der Waals surface area contributed by atoms with Crippen molar-refractivity contribution in [3.05, 3.63) is 55.1 Å². The summed E-state index contributed by atoms with van der Waals surface area (Å²) in [7, 11) is 0. The molecule has 0 radical (unpaired) electrons. The normalized spacial score (nSPS) is 10.2. The quantitative estimate of drug-likeness (QED) is 0.357. The lowest BCUT2D eigenvalue weighted by Gasteiger charge is -2.09. The molecular formula is C12H9ClIN3O2. The lowest BCUT2D eigenvalue weighted by molar-refractivity contribution is -0.383. The summed E-state index contributed by atoms with van der Waals surface area (Å²) in [6, 6.07) is 9.93. The van der Waals surface area contributed by atoms with E-state index in [-0.39, 0.29) is 11.4 Å². The highest BCUT2D eigenvalue weighted by Crippen LogP contribution is 2.29. The smallest absolute Gasteiger partial charge is 0.292 e. The zero-order valence-corrected chi connectivity index (χ0v) is 12.5. The van der Waals surface area contributed by atoms with Gasteiger partial charge in [-0.2, -0.15) is 0 Å². The van der Waals surface area contributed by atoms with Gasteiger partial charge in [0.15, 0.2) is 0 Å². The fraction of sp³-hybridized carbons (Fsp3) is 0. The number of nitro groups is 1. The Morgan fingerprint density at radius 1 is 1.26 bits per heavy atom. The topological polar surface area (TPSA) is 81.2 Å². The summed E-state index contributed by atoms with van der Waals surface area (Å²) in [5.74, 6) is 0. The highest BCUT2D eigenvalue weighted by Gasteiger charge is 2.11. The molecule has 5 nitrogen and oxygen atoms in total. The monoisotopic (exact) mass is 389 g/mol. The Morgan fingerprint density at radius 3 is 2.58 bits per heavy atom. The highest BCUT2D eigenvalue weighted by molar-refractivity contribution is 14.1. The largest absolute Gasteiger partial charge is 0.393 e. The van der Waals surface area contributed by atoms with E-state index in [1.165, 1.54) is 12.1 Å². The number of rotatable bonds is 3. The average molecular weight is 390 g/mol. The molecule has 0 bridgehead atoms. The van der Waals surface area contributed by atoms with Gasteiger partial charge in [-0.3, -0.25) is 10.1 Å². The van der Waals surface area contributed by atoms with Crippen LogP contribution in [-0.2, 0) is 0 Å². The minimum absolute atomic E-state index is 0.101. The van der Waals surface area contributed by atoms with Gasteiger partial charge in [0.25, 0.3) is 5.69 Å². The van der Waals surface area contributed by atoms with Gasteiger partial charge in [0.05, 0.1) is 10.6 Å². The molecule has 0 atom stereocenters. The lowest BCUT2D eigenvalue weighted by Crippen LogP contribution is -1.98. The Morgan fingerprint density at radius 2 is 2.00 bits per heavy atom. The molecule has 0 fully saturated rings. The predicted molar refractivity (Wildman–Crippen MR) is 85.0 cm³/mol. The van der Waals surface area contributed by atoms with Crippen molar-refractivity contribution in [2.45, 2.75) is 0 Å². The van der Waals surface area contributed by atoms with Crippen LogP contribution in [0.2, 0.25) is 5.02 Å². The van der Waals surface area contributed by atoms with Gasteiger partial charge < -0.3 is 11.1 Å². The number of hydrogen-bond donors (Lipinski definition) is 2. The first-order chi connectivity index (χ1) is 8.97. The van der Waals surface area contributed by atoms with E-state index in [1.807, 2.05) is 12.1 Å². The third kappa shape index (κ3) is 3.27. The number of nitrogen functional groups attached to an aromatic ring is 1. The van der Waals surface area contributed by atoms with Crippen molar-refractivity contribution in [3.8, 4) is 0 Å². The van der Waals surface area contributed by atoms with Crippen LogP contribution >= 0.6 is 34.2 Å². The molecule has 0 aliphatic carbocycles. The van der Waals surface area contributed by atoms with Crippen LogP contribution in [0.1, 0.15) is 0 Å². The molecule has 19 heavy (non-hydrogen) atoms. The van der Waals surface area contributed by atoms with Gasteiger partial charge in [0.2, 0.25) is 0 Å². The van der Waals surface area contributed by atoms with Crippen LogP contribution in [0.15, 0.2) is 36.4 Å². The average Bonchev–Trinajstić information content (AvgIpc) is 2.32. The van der Waals surface area contributed by atoms with Crippen molar-refractivity contribution in [3.63, 3.8) is 0 Å². The molecule has 0 heterocycles. The fourth-order valence-electron chi connectivity index (χ4n) is 1.54. The van der Waals surface area contributed by atoms with Crippen LogP contribution in [0, 0.1) is 13.7 Å². The number of nitro benzene ring substituents is 1. The van der Waals surface area contributed by atoms with E-state index in [0.717, 1.165) is 9.26 Å². The van der Waals surface area contributed by atoms with E-state index in [1.54, 1.807) is 12.1 Å². The first kappa shape index (κ1) is 13.9. The van der Waals surface area contributed by atoms with Crippen molar-refractivity contribution in [2.75, 3.05) is 11.1 Å². The second-order valence-corrected chi connectivity index (χ2v) is 5.38. The van der Waals surface area contributed by atoms with Crippen molar-refractivity contribution >= 4 is 56.9 Å². The van der Waals surface area contributed by atoms with E-state index >= 15 is 0 Å². The zero-order valence-electron chi connectivity index (χ0n) is 9.56. The molecule has 0 saturated carbocycles.